The minimum absolute atomic E-state index is 0.109. The molecular weight excluding hydrogens is 254 g/mol. The van der Waals surface area contributed by atoms with Crippen LogP contribution in [0.5, 0.6) is 11.5 Å². The second kappa shape index (κ2) is 8.82. The highest BCUT2D eigenvalue weighted by Gasteiger charge is 2.14. The van der Waals surface area contributed by atoms with Crippen molar-refractivity contribution < 1.29 is 14.6 Å². The van der Waals surface area contributed by atoms with E-state index in [2.05, 4.69) is 19.2 Å². The first kappa shape index (κ1) is 16.8. The van der Waals surface area contributed by atoms with Gasteiger partial charge in [0.25, 0.3) is 0 Å². The van der Waals surface area contributed by atoms with Gasteiger partial charge in [0, 0.05) is 18.2 Å². The number of ether oxygens (including phenoxy) is 2. The molecule has 2 atom stereocenters. The Balaban J connectivity index is 2.87. The van der Waals surface area contributed by atoms with Gasteiger partial charge in [0.1, 0.15) is 0 Å². The van der Waals surface area contributed by atoms with Crippen LogP contribution in [0.3, 0.4) is 0 Å². The predicted molar refractivity (Wildman–Crippen MR) is 81.4 cm³/mol. The Morgan fingerprint density at radius 3 is 2.55 bits per heavy atom. The molecule has 0 aliphatic heterocycles. The zero-order valence-corrected chi connectivity index (χ0v) is 13.0. The third-order valence-electron chi connectivity index (χ3n) is 3.47. The number of benzene rings is 1. The van der Waals surface area contributed by atoms with Crippen molar-refractivity contribution in [3.63, 3.8) is 0 Å². The number of hydrogen-bond acceptors (Lipinski definition) is 4. The van der Waals surface area contributed by atoms with Crippen LogP contribution >= 0.6 is 0 Å². The van der Waals surface area contributed by atoms with Crippen molar-refractivity contribution in [2.45, 2.75) is 52.3 Å². The molecule has 1 rings (SSSR count). The molecule has 0 saturated carbocycles. The molecule has 2 unspecified atom stereocenters. The third kappa shape index (κ3) is 4.69. The minimum atomic E-state index is 0.109. The molecule has 20 heavy (non-hydrogen) atoms. The van der Waals surface area contributed by atoms with Crippen molar-refractivity contribution in [2.24, 2.45) is 0 Å². The SMILES string of the molecule is CCC(CO)NCc1cccc(OC)c1OC(C)CC. The van der Waals surface area contributed by atoms with E-state index in [1.165, 1.54) is 0 Å². The maximum Gasteiger partial charge on any atom is 0.166 e. The number of rotatable bonds is 9. The molecule has 4 heteroatoms. The van der Waals surface area contributed by atoms with Crippen LogP contribution in [0.4, 0.5) is 0 Å². The molecule has 0 amide bonds. The Morgan fingerprint density at radius 2 is 2.00 bits per heavy atom. The van der Waals surface area contributed by atoms with E-state index in [-0.39, 0.29) is 18.8 Å². The number of aliphatic hydroxyl groups excluding tert-OH is 1. The van der Waals surface area contributed by atoms with Gasteiger partial charge in [-0.1, -0.05) is 26.0 Å². The number of aliphatic hydroxyl groups is 1. The average Bonchev–Trinajstić information content (AvgIpc) is 2.49. The summed E-state index contributed by atoms with van der Waals surface area (Å²) in [7, 11) is 1.65. The summed E-state index contributed by atoms with van der Waals surface area (Å²) in [5, 5.41) is 12.6. The largest absolute Gasteiger partial charge is 0.493 e. The van der Waals surface area contributed by atoms with Gasteiger partial charge >= 0.3 is 0 Å². The summed E-state index contributed by atoms with van der Waals surface area (Å²) in [4.78, 5) is 0. The molecule has 1 aromatic rings. The maximum absolute atomic E-state index is 9.24. The van der Waals surface area contributed by atoms with Crippen LogP contribution in [0.1, 0.15) is 39.2 Å². The van der Waals surface area contributed by atoms with E-state index in [0.29, 0.717) is 6.54 Å². The van der Waals surface area contributed by atoms with Crippen molar-refractivity contribution >= 4 is 0 Å². The van der Waals surface area contributed by atoms with Crippen molar-refractivity contribution in [1.82, 2.24) is 5.32 Å². The predicted octanol–water partition coefficient (Wildman–Crippen LogP) is 2.73. The Bertz CT molecular complexity index is 391. The molecule has 0 aliphatic carbocycles. The fraction of sp³-hybridized carbons (Fsp3) is 0.625. The number of methoxy groups -OCH3 is 1. The smallest absolute Gasteiger partial charge is 0.166 e. The van der Waals surface area contributed by atoms with E-state index in [1.807, 2.05) is 25.1 Å². The van der Waals surface area contributed by atoms with Crippen molar-refractivity contribution in [3.8, 4) is 11.5 Å². The maximum atomic E-state index is 9.24. The molecule has 1 aromatic carbocycles. The van der Waals surface area contributed by atoms with Gasteiger partial charge in [-0.05, 0) is 25.8 Å². The van der Waals surface area contributed by atoms with E-state index in [4.69, 9.17) is 9.47 Å². The Morgan fingerprint density at radius 1 is 1.25 bits per heavy atom. The highest BCUT2D eigenvalue weighted by atomic mass is 16.5. The van der Waals surface area contributed by atoms with Gasteiger partial charge in [0.2, 0.25) is 0 Å². The van der Waals surface area contributed by atoms with Crippen LogP contribution in [-0.4, -0.2) is 31.0 Å². The number of hydrogen-bond donors (Lipinski definition) is 2. The summed E-state index contributed by atoms with van der Waals surface area (Å²) in [6, 6.07) is 6.00. The Kier molecular flexibility index (Phi) is 7.41. The van der Waals surface area contributed by atoms with Crippen LogP contribution in [-0.2, 0) is 6.54 Å². The monoisotopic (exact) mass is 281 g/mol. The topological polar surface area (TPSA) is 50.7 Å². The summed E-state index contributed by atoms with van der Waals surface area (Å²) in [6.07, 6.45) is 1.98. The van der Waals surface area contributed by atoms with Gasteiger partial charge in [-0.15, -0.1) is 0 Å². The summed E-state index contributed by atoms with van der Waals surface area (Å²) >= 11 is 0. The molecule has 0 radical (unpaired) electrons. The van der Waals surface area contributed by atoms with Crippen LogP contribution < -0.4 is 14.8 Å². The van der Waals surface area contributed by atoms with Crippen molar-refractivity contribution in [1.29, 1.82) is 0 Å². The zero-order chi connectivity index (χ0) is 15.0. The van der Waals surface area contributed by atoms with Gasteiger partial charge in [-0.25, -0.2) is 0 Å². The molecular formula is C16H27NO3. The molecule has 0 bridgehead atoms. The van der Waals surface area contributed by atoms with E-state index in [1.54, 1.807) is 7.11 Å². The first-order chi connectivity index (χ1) is 9.65. The molecule has 0 saturated heterocycles. The lowest BCUT2D eigenvalue weighted by Gasteiger charge is -2.20. The van der Waals surface area contributed by atoms with Gasteiger partial charge in [-0.2, -0.15) is 0 Å². The molecule has 2 N–H and O–H groups in total. The van der Waals surface area contributed by atoms with Crippen LogP contribution in [0.25, 0.3) is 0 Å². The molecule has 0 fully saturated rings. The molecule has 4 nitrogen and oxygen atoms in total. The van der Waals surface area contributed by atoms with Crippen LogP contribution in [0, 0.1) is 0 Å². The van der Waals surface area contributed by atoms with Gasteiger partial charge in [0.05, 0.1) is 19.8 Å². The van der Waals surface area contributed by atoms with E-state index in [9.17, 15) is 5.11 Å². The van der Waals surface area contributed by atoms with Gasteiger partial charge in [-0.3, -0.25) is 0 Å². The zero-order valence-electron chi connectivity index (χ0n) is 13.0. The minimum Gasteiger partial charge on any atom is -0.493 e. The number of para-hydroxylation sites is 1. The summed E-state index contributed by atoms with van der Waals surface area (Å²) in [6.45, 7) is 6.99. The van der Waals surface area contributed by atoms with Crippen molar-refractivity contribution in [3.05, 3.63) is 23.8 Å². The van der Waals surface area contributed by atoms with Crippen LogP contribution in [0.15, 0.2) is 18.2 Å². The molecule has 114 valence electrons. The fourth-order valence-electron chi connectivity index (χ4n) is 1.87. The average molecular weight is 281 g/mol. The second-order valence-electron chi connectivity index (χ2n) is 4.95. The third-order valence-corrected chi connectivity index (χ3v) is 3.47. The van der Waals surface area contributed by atoms with E-state index < -0.39 is 0 Å². The highest BCUT2D eigenvalue weighted by molar-refractivity contribution is 5.46. The second-order valence-corrected chi connectivity index (χ2v) is 4.95. The quantitative estimate of drug-likeness (QED) is 0.731. The Labute approximate surface area is 122 Å². The highest BCUT2D eigenvalue weighted by Crippen LogP contribution is 2.32. The summed E-state index contributed by atoms with van der Waals surface area (Å²) in [5.41, 5.74) is 1.05. The Hall–Kier alpha value is -1.26. The van der Waals surface area contributed by atoms with E-state index in [0.717, 1.165) is 29.9 Å². The number of nitrogens with one attached hydrogen (secondary N) is 1. The lowest BCUT2D eigenvalue weighted by Crippen LogP contribution is -2.31. The first-order valence-corrected chi connectivity index (χ1v) is 7.32. The lowest BCUT2D eigenvalue weighted by atomic mass is 10.1. The standard InChI is InChI=1S/C16H27NO3/c1-5-12(3)20-16-13(8-7-9-15(16)19-4)10-17-14(6-2)11-18/h7-9,12,14,17-18H,5-6,10-11H2,1-4H3. The van der Waals surface area contributed by atoms with E-state index >= 15 is 0 Å². The fourth-order valence-corrected chi connectivity index (χ4v) is 1.87. The molecule has 0 spiro atoms. The molecule has 0 aromatic heterocycles. The summed E-state index contributed by atoms with van der Waals surface area (Å²) in [5.74, 6) is 1.55. The normalized spacial score (nSPS) is 13.8. The molecule has 0 aliphatic rings. The lowest BCUT2D eigenvalue weighted by molar-refractivity contribution is 0.203. The van der Waals surface area contributed by atoms with Crippen LogP contribution in [0.2, 0.25) is 0 Å². The summed E-state index contributed by atoms with van der Waals surface area (Å²) < 4.78 is 11.4. The van der Waals surface area contributed by atoms with Crippen molar-refractivity contribution in [2.75, 3.05) is 13.7 Å². The first-order valence-electron chi connectivity index (χ1n) is 7.32. The molecule has 0 heterocycles. The van der Waals surface area contributed by atoms with Gasteiger partial charge < -0.3 is 19.9 Å². The van der Waals surface area contributed by atoms with Gasteiger partial charge in [0.15, 0.2) is 11.5 Å².